The topological polar surface area (TPSA) is 55.2 Å². The van der Waals surface area contributed by atoms with Gasteiger partial charge in [-0.25, -0.2) is 13.8 Å². The van der Waals surface area contributed by atoms with Crippen LogP contribution in [-0.4, -0.2) is 26.4 Å². The van der Waals surface area contributed by atoms with Gasteiger partial charge in [-0.2, -0.15) is 0 Å². The number of carbonyl (C=O) groups excluding carboxylic acids is 1. The summed E-state index contributed by atoms with van der Waals surface area (Å²) in [5.74, 6) is -1.62. The molecule has 2 aromatic carbocycles. The first-order chi connectivity index (χ1) is 13.0. The molecule has 0 bridgehead atoms. The van der Waals surface area contributed by atoms with E-state index in [0.717, 1.165) is 18.9 Å². The number of hydrogen-bond donors (Lipinski definition) is 0. The molecule has 4 rings (SSSR count). The third kappa shape index (κ3) is 3.58. The van der Waals surface area contributed by atoms with Crippen LogP contribution < -0.4 is 5.56 Å². The van der Waals surface area contributed by atoms with Gasteiger partial charge in [0.15, 0.2) is 0 Å². The molecule has 0 unspecified atom stereocenters. The average molecular weight is 369 g/mol. The van der Waals surface area contributed by atoms with E-state index in [0.29, 0.717) is 11.0 Å². The number of nitrogens with zero attached hydrogens (tertiary/aromatic N) is 3. The zero-order valence-corrected chi connectivity index (χ0v) is 14.4. The first kappa shape index (κ1) is 17.3. The summed E-state index contributed by atoms with van der Waals surface area (Å²) in [4.78, 5) is 30.8. The molecule has 5 nitrogen and oxygen atoms in total. The van der Waals surface area contributed by atoms with Gasteiger partial charge in [0, 0.05) is 24.2 Å². The van der Waals surface area contributed by atoms with Gasteiger partial charge >= 0.3 is 0 Å². The van der Waals surface area contributed by atoms with Gasteiger partial charge in [0.1, 0.15) is 18.2 Å². The molecule has 0 atom stereocenters. The summed E-state index contributed by atoms with van der Waals surface area (Å²) < 4.78 is 28.5. The zero-order chi connectivity index (χ0) is 19.0. The minimum Gasteiger partial charge on any atom is -0.334 e. The Bertz CT molecular complexity index is 1080. The van der Waals surface area contributed by atoms with Crippen LogP contribution in [0.3, 0.4) is 0 Å². The van der Waals surface area contributed by atoms with E-state index in [9.17, 15) is 18.4 Å². The van der Waals surface area contributed by atoms with Crippen LogP contribution in [0.25, 0.3) is 11.0 Å². The molecule has 0 aliphatic heterocycles. The van der Waals surface area contributed by atoms with Crippen molar-refractivity contribution in [3.63, 3.8) is 0 Å². The number of para-hydroxylation sites is 2. The Kier molecular flexibility index (Phi) is 4.43. The van der Waals surface area contributed by atoms with Crippen LogP contribution in [0.1, 0.15) is 18.4 Å². The maximum Gasteiger partial charge on any atom is 0.269 e. The fourth-order valence-corrected chi connectivity index (χ4v) is 3.14. The van der Waals surface area contributed by atoms with Crippen molar-refractivity contribution < 1.29 is 13.6 Å². The Morgan fingerprint density at radius 2 is 1.96 bits per heavy atom. The summed E-state index contributed by atoms with van der Waals surface area (Å²) in [6, 6.07) is 10.4. The molecular weight excluding hydrogens is 352 g/mol. The fourth-order valence-electron chi connectivity index (χ4n) is 3.14. The Labute approximate surface area is 153 Å². The van der Waals surface area contributed by atoms with E-state index in [4.69, 9.17) is 0 Å². The smallest absolute Gasteiger partial charge is 0.269 e. The number of carbonyl (C=O) groups is 1. The molecule has 1 amide bonds. The van der Waals surface area contributed by atoms with Gasteiger partial charge in [-0.15, -0.1) is 0 Å². The number of benzene rings is 2. The second-order valence-corrected chi connectivity index (χ2v) is 6.66. The van der Waals surface area contributed by atoms with Crippen molar-refractivity contribution in [2.75, 3.05) is 0 Å². The summed E-state index contributed by atoms with van der Waals surface area (Å²) in [6.07, 6.45) is 2.86. The van der Waals surface area contributed by atoms with Crippen molar-refractivity contribution in [1.29, 1.82) is 0 Å². The normalized spacial score (nSPS) is 13.7. The van der Waals surface area contributed by atoms with Crippen molar-refractivity contribution in [3.05, 3.63) is 76.2 Å². The zero-order valence-electron chi connectivity index (χ0n) is 14.4. The third-order valence-corrected chi connectivity index (χ3v) is 4.71. The van der Waals surface area contributed by atoms with Gasteiger partial charge in [0.2, 0.25) is 5.91 Å². The molecular formula is C20H17F2N3O2. The number of rotatable bonds is 5. The third-order valence-electron chi connectivity index (χ3n) is 4.71. The molecule has 3 aromatic rings. The van der Waals surface area contributed by atoms with E-state index in [-0.39, 0.29) is 36.2 Å². The van der Waals surface area contributed by atoms with Crippen molar-refractivity contribution in [3.8, 4) is 0 Å². The van der Waals surface area contributed by atoms with Crippen LogP contribution in [0.5, 0.6) is 0 Å². The monoisotopic (exact) mass is 369 g/mol. The van der Waals surface area contributed by atoms with Gasteiger partial charge in [-0.1, -0.05) is 18.2 Å². The lowest BCUT2D eigenvalue weighted by Gasteiger charge is -2.23. The predicted octanol–water partition coefficient (Wildman–Crippen LogP) is 2.87. The summed E-state index contributed by atoms with van der Waals surface area (Å²) in [6.45, 7) is -0.103. The summed E-state index contributed by atoms with van der Waals surface area (Å²) in [7, 11) is 0. The van der Waals surface area contributed by atoms with Crippen molar-refractivity contribution in [2.24, 2.45) is 0 Å². The largest absolute Gasteiger partial charge is 0.334 e. The van der Waals surface area contributed by atoms with Crippen LogP contribution in [0.2, 0.25) is 0 Å². The number of amides is 1. The van der Waals surface area contributed by atoms with Gasteiger partial charge in [-0.05, 0) is 31.0 Å². The lowest BCUT2D eigenvalue weighted by Crippen LogP contribution is -2.38. The first-order valence-electron chi connectivity index (χ1n) is 8.71. The average Bonchev–Trinajstić information content (AvgIpc) is 3.48. The molecule has 0 saturated heterocycles. The van der Waals surface area contributed by atoms with Crippen molar-refractivity contribution in [2.45, 2.75) is 32.0 Å². The molecule has 0 N–H and O–H groups in total. The SMILES string of the molecule is O=C(Cn1c(=O)cnc2ccccc21)N(Cc1ccc(F)cc1F)C1CC1. The lowest BCUT2D eigenvalue weighted by molar-refractivity contribution is -0.133. The van der Waals surface area contributed by atoms with Gasteiger partial charge in [-0.3, -0.25) is 14.2 Å². The number of fused-ring (bicyclic) bond motifs is 1. The second-order valence-electron chi connectivity index (χ2n) is 6.66. The minimum absolute atomic E-state index is 0.0192. The minimum atomic E-state index is -0.681. The van der Waals surface area contributed by atoms with Crippen molar-refractivity contribution in [1.82, 2.24) is 14.5 Å². The fraction of sp³-hybridized carbons (Fsp3) is 0.250. The number of halogens is 2. The predicted molar refractivity (Wildman–Crippen MR) is 95.9 cm³/mol. The molecule has 1 aliphatic rings. The Balaban J connectivity index is 1.62. The molecule has 1 aromatic heterocycles. The van der Waals surface area contributed by atoms with E-state index >= 15 is 0 Å². The molecule has 27 heavy (non-hydrogen) atoms. The summed E-state index contributed by atoms with van der Waals surface area (Å²) in [5.41, 5.74) is 1.07. The van der Waals surface area contributed by atoms with E-state index in [1.165, 1.54) is 22.9 Å². The van der Waals surface area contributed by atoms with Crippen LogP contribution in [0.4, 0.5) is 8.78 Å². The van der Waals surface area contributed by atoms with E-state index < -0.39 is 11.6 Å². The van der Waals surface area contributed by atoms with E-state index in [1.807, 2.05) is 0 Å². The molecule has 1 heterocycles. The molecule has 7 heteroatoms. The summed E-state index contributed by atoms with van der Waals surface area (Å²) >= 11 is 0. The highest BCUT2D eigenvalue weighted by Gasteiger charge is 2.33. The van der Waals surface area contributed by atoms with Gasteiger partial charge < -0.3 is 4.90 Å². The number of hydrogen-bond acceptors (Lipinski definition) is 3. The standard InChI is InChI=1S/C20H17F2N3O2/c21-14-6-5-13(16(22)9-14)11-24(15-7-8-15)20(27)12-25-18-4-2-1-3-17(18)23-10-19(25)26/h1-6,9-10,15H,7-8,11-12H2. The van der Waals surface area contributed by atoms with Crippen LogP contribution in [0, 0.1) is 11.6 Å². The number of aromatic nitrogens is 2. The molecule has 0 spiro atoms. The lowest BCUT2D eigenvalue weighted by atomic mass is 10.2. The van der Waals surface area contributed by atoms with Crippen LogP contribution in [0.15, 0.2) is 53.5 Å². The van der Waals surface area contributed by atoms with Gasteiger partial charge in [0.05, 0.1) is 17.2 Å². The van der Waals surface area contributed by atoms with Crippen molar-refractivity contribution >= 4 is 16.9 Å². The second kappa shape index (κ2) is 6.90. The van der Waals surface area contributed by atoms with Crippen LogP contribution in [-0.2, 0) is 17.9 Å². The maximum atomic E-state index is 14.0. The quantitative estimate of drug-likeness (QED) is 0.695. The highest BCUT2D eigenvalue weighted by Crippen LogP contribution is 2.29. The Morgan fingerprint density at radius 3 is 2.70 bits per heavy atom. The molecule has 138 valence electrons. The molecule has 1 saturated carbocycles. The summed E-state index contributed by atoms with van der Waals surface area (Å²) in [5, 5.41) is 0. The molecule has 1 fully saturated rings. The van der Waals surface area contributed by atoms with E-state index in [2.05, 4.69) is 4.98 Å². The van der Waals surface area contributed by atoms with Gasteiger partial charge in [0.25, 0.3) is 5.56 Å². The first-order valence-corrected chi connectivity index (χ1v) is 8.71. The van der Waals surface area contributed by atoms with E-state index in [1.54, 1.807) is 29.2 Å². The van der Waals surface area contributed by atoms with Crippen LogP contribution >= 0.6 is 0 Å². The maximum absolute atomic E-state index is 14.0. The molecule has 0 radical (unpaired) electrons. The molecule has 1 aliphatic carbocycles. The highest BCUT2D eigenvalue weighted by molar-refractivity contribution is 5.80. The Hall–Kier alpha value is -3.09. The Morgan fingerprint density at radius 1 is 1.19 bits per heavy atom. The highest BCUT2D eigenvalue weighted by atomic mass is 19.1.